The Hall–Kier alpha value is 0.0200. The molecule has 1 atom stereocenters. The molecule has 0 spiro atoms. The monoisotopic (exact) mass is 224 g/mol. The predicted octanol–water partition coefficient (Wildman–Crippen LogP) is 1.77. The van der Waals surface area contributed by atoms with Gasteiger partial charge in [-0.05, 0) is 11.4 Å². The second-order valence-electron chi connectivity index (χ2n) is 1.93. The van der Waals surface area contributed by atoms with Crippen molar-refractivity contribution in [2.45, 2.75) is 0 Å². The highest BCUT2D eigenvalue weighted by Crippen LogP contribution is 2.59. The van der Waals surface area contributed by atoms with Gasteiger partial charge in [-0.3, -0.25) is 4.52 Å². The maximum Gasteiger partial charge on any atom is 0.389 e. The van der Waals surface area contributed by atoms with Crippen molar-refractivity contribution < 1.29 is 18.3 Å². The molecule has 0 heterocycles. The lowest BCUT2D eigenvalue weighted by molar-refractivity contribution is 0.138. The second kappa shape index (κ2) is 7.43. The normalized spacial score (nSPS) is 14.8. The van der Waals surface area contributed by atoms with Gasteiger partial charge in [0.15, 0.2) is 0 Å². The highest BCUT2D eigenvalue weighted by Gasteiger charge is 2.22. The van der Waals surface area contributed by atoms with Crippen molar-refractivity contribution in [3.63, 3.8) is 0 Å². The number of hydrogen-bond acceptors (Lipinski definition) is 5. The molecular formula is C7H13O4PS. The first kappa shape index (κ1) is 13.0. The van der Waals surface area contributed by atoms with Gasteiger partial charge in [0.25, 0.3) is 0 Å². The Kier molecular flexibility index (Phi) is 7.44. The molecule has 0 saturated carbocycles. The van der Waals surface area contributed by atoms with Crippen LogP contribution in [0.2, 0.25) is 0 Å². The summed E-state index contributed by atoms with van der Waals surface area (Å²) >= 11 is 0.994. The minimum atomic E-state index is -3.05. The van der Waals surface area contributed by atoms with E-state index in [0.29, 0.717) is 12.4 Å². The van der Waals surface area contributed by atoms with Crippen molar-refractivity contribution in [1.82, 2.24) is 0 Å². The quantitative estimate of drug-likeness (QED) is 0.374. The summed E-state index contributed by atoms with van der Waals surface area (Å²) in [5.41, 5.74) is 0. The predicted molar refractivity (Wildman–Crippen MR) is 53.7 cm³/mol. The van der Waals surface area contributed by atoms with Gasteiger partial charge in [-0.2, -0.15) is 0 Å². The van der Waals surface area contributed by atoms with Crippen LogP contribution in [0.3, 0.4) is 0 Å². The van der Waals surface area contributed by atoms with E-state index in [9.17, 15) is 4.57 Å². The Morgan fingerprint density at radius 2 is 2.15 bits per heavy atom. The molecule has 76 valence electrons. The molecule has 0 radical (unpaired) electrons. The van der Waals surface area contributed by atoms with E-state index in [1.165, 1.54) is 14.2 Å². The van der Waals surface area contributed by atoms with Gasteiger partial charge in [0.05, 0.1) is 19.0 Å². The lowest BCUT2D eigenvalue weighted by atomic mass is 10.8. The van der Waals surface area contributed by atoms with E-state index in [4.69, 9.17) is 20.2 Å². The molecule has 0 fully saturated rings. The number of terminal acetylenes is 1. The van der Waals surface area contributed by atoms with Crippen LogP contribution in [0.15, 0.2) is 0 Å². The van der Waals surface area contributed by atoms with Crippen LogP contribution in [0.4, 0.5) is 0 Å². The highest BCUT2D eigenvalue weighted by molar-refractivity contribution is 8.55. The second-order valence-corrected chi connectivity index (χ2v) is 6.11. The maximum atomic E-state index is 11.6. The van der Waals surface area contributed by atoms with Crippen molar-refractivity contribution >= 4 is 18.2 Å². The molecule has 13 heavy (non-hydrogen) atoms. The summed E-state index contributed by atoms with van der Waals surface area (Å²) in [4.78, 5) is 0. The van der Waals surface area contributed by atoms with Crippen LogP contribution in [0.5, 0.6) is 0 Å². The smallest absolute Gasteiger partial charge is 0.382 e. The minimum absolute atomic E-state index is 0.235. The molecule has 6 heteroatoms. The van der Waals surface area contributed by atoms with Crippen molar-refractivity contribution in [3.8, 4) is 12.3 Å². The molecule has 0 bridgehead atoms. The van der Waals surface area contributed by atoms with Crippen molar-refractivity contribution in [2.75, 3.05) is 33.2 Å². The zero-order valence-corrected chi connectivity index (χ0v) is 9.40. The largest absolute Gasteiger partial charge is 0.389 e. The van der Waals surface area contributed by atoms with Crippen LogP contribution >= 0.6 is 18.2 Å². The van der Waals surface area contributed by atoms with Crippen molar-refractivity contribution in [3.05, 3.63) is 0 Å². The zero-order chi connectivity index (χ0) is 10.2. The number of ether oxygens (including phenoxy) is 1. The zero-order valence-electron chi connectivity index (χ0n) is 7.69. The topological polar surface area (TPSA) is 44.8 Å². The average molecular weight is 224 g/mol. The van der Waals surface area contributed by atoms with Crippen LogP contribution in [-0.2, 0) is 18.3 Å². The van der Waals surface area contributed by atoms with Crippen LogP contribution in [0, 0.1) is 12.3 Å². The first-order valence-electron chi connectivity index (χ1n) is 3.56. The van der Waals surface area contributed by atoms with Crippen LogP contribution in [-0.4, -0.2) is 33.2 Å². The summed E-state index contributed by atoms with van der Waals surface area (Å²) < 4.78 is 26.0. The van der Waals surface area contributed by atoms with E-state index >= 15 is 0 Å². The Bertz CT molecular complexity index is 213. The molecule has 0 aliphatic heterocycles. The van der Waals surface area contributed by atoms with Crippen LogP contribution < -0.4 is 0 Å². The molecule has 0 aromatic carbocycles. The molecule has 4 nitrogen and oxygen atoms in total. The van der Waals surface area contributed by atoms with E-state index in [0.717, 1.165) is 11.4 Å². The molecule has 0 rings (SSSR count). The van der Waals surface area contributed by atoms with E-state index in [1.54, 1.807) is 0 Å². The minimum Gasteiger partial charge on any atom is -0.382 e. The standard InChI is InChI=1S/C7H13O4PS/c1-4-7-13-12(8,10-3)11-6-5-9-2/h1H,5-7H2,2-3H3. The fraction of sp³-hybridized carbons (Fsp3) is 0.714. The summed E-state index contributed by atoms with van der Waals surface area (Å²) in [5.74, 6) is 2.65. The van der Waals surface area contributed by atoms with Crippen LogP contribution in [0.1, 0.15) is 0 Å². The highest BCUT2D eigenvalue weighted by atomic mass is 32.7. The van der Waals surface area contributed by atoms with Gasteiger partial charge in [-0.1, -0.05) is 5.92 Å². The molecular weight excluding hydrogens is 211 g/mol. The van der Waals surface area contributed by atoms with Gasteiger partial charge >= 0.3 is 6.80 Å². The van der Waals surface area contributed by atoms with Crippen molar-refractivity contribution in [2.24, 2.45) is 0 Å². The molecule has 0 aromatic rings. The number of rotatable bonds is 7. The molecule has 0 amide bonds. The number of methoxy groups -OCH3 is 1. The van der Waals surface area contributed by atoms with Gasteiger partial charge in [0.1, 0.15) is 0 Å². The van der Waals surface area contributed by atoms with E-state index < -0.39 is 6.80 Å². The van der Waals surface area contributed by atoms with Crippen molar-refractivity contribution in [1.29, 1.82) is 0 Å². The van der Waals surface area contributed by atoms with E-state index in [-0.39, 0.29) is 6.61 Å². The lowest BCUT2D eigenvalue weighted by Crippen LogP contribution is -2.00. The third-order valence-electron chi connectivity index (χ3n) is 1.07. The summed E-state index contributed by atoms with van der Waals surface area (Å²) in [5, 5.41) is 0. The molecule has 0 N–H and O–H groups in total. The Balaban J connectivity index is 3.83. The van der Waals surface area contributed by atoms with Gasteiger partial charge < -0.3 is 9.26 Å². The first-order chi connectivity index (χ1) is 6.18. The van der Waals surface area contributed by atoms with Gasteiger partial charge in [0, 0.05) is 14.2 Å². The lowest BCUT2D eigenvalue weighted by Gasteiger charge is -2.13. The fourth-order valence-corrected chi connectivity index (χ4v) is 2.77. The van der Waals surface area contributed by atoms with Gasteiger partial charge in [-0.25, -0.2) is 4.57 Å². The first-order valence-corrected chi connectivity index (χ1v) is 6.69. The third kappa shape index (κ3) is 6.14. The summed E-state index contributed by atoms with van der Waals surface area (Å²) in [6, 6.07) is 0. The summed E-state index contributed by atoms with van der Waals surface area (Å²) in [6.45, 7) is -2.44. The van der Waals surface area contributed by atoms with Gasteiger partial charge in [-0.15, -0.1) is 6.42 Å². The SMILES string of the molecule is C#CCSP(=O)(OC)OCCOC. The Morgan fingerprint density at radius 3 is 2.62 bits per heavy atom. The molecule has 0 aliphatic carbocycles. The maximum absolute atomic E-state index is 11.6. The molecule has 0 aliphatic rings. The van der Waals surface area contributed by atoms with E-state index in [1.807, 2.05) is 0 Å². The Labute approximate surface area is 82.6 Å². The Morgan fingerprint density at radius 1 is 1.46 bits per heavy atom. The average Bonchev–Trinajstić information content (AvgIpc) is 2.15. The van der Waals surface area contributed by atoms with Gasteiger partial charge in [0.2, 0.25) is 0 Å². The number of hydrogen-bond donors (Lipinski definition) is 0. The van der Waals surface area contributed by atoms with E-state index in [2.05, 4.69) is 5.92 Å². The van der Waals surface area contributed by atoms with Crippen LogP contribution in [0.25, 0.3) is 0 Å². The summed E-state index contributed by atoms with van der Waals surface area (Å²) in [6.07, 6.45) is 5.02. The fourth-order valence-electron chi connectivity index (χ4n) is 0.491. The third-order valence-corrected chi connectivity index (χ3v) is 4.72. The molecule has 1 unspecified atom stereocenters. The summed E-state index contributed by atoms with van der Waals surface area (Å²) in [7, 11) is 2.87. The molecule has 0 aromatic heterocycles. The molecule has 0 saturated heterocycles.